The van der Waals surface area contributed by atoms with Gasteiger partial charge in [0, 0.05) is 38.2 Å². The molecule has 0 unspecified atom stereocenters. The molecule has 0 radical (unpaired) electrons. The van der Waals surface area contributed by atoms with Crippen molar-refractivity contribution in [2.24, 2.45) is 22.4 Å². The van der Waals surface area contributed by atoms with Crippen molar-refractivity contribution >= 4 is 24.6 Å². The maximum absolute atomic E-state index is 14.1. The van der Waals surface area contributed by atoms with Crippen LogP contribution >= 0.6 is 0 Å². The molecule has 0 saturated heterocycles. The molecule has 2 heterocycles. The average Bonchev–Trinajstić information content (AvgIpc) is 3.86. The molecule has 0 bridgehead atoms. The Kier molecular flexibility index (Phi) is 8.98. The minimum atomic E-state index is -4.42. The van der Waals surface area contributed by atoms with E-state index in [2.05, 4.69) is 27.6 Å². The van der Waals surface area contributed by atoms with Gasteiger partial charge >= 0.3 is 6.18 Å². The number of hydrogen-bond acceptors (Lipinski definition) is 5. The predicted octanol–water partition coefficient (Wildman–Crippen LogP) is 6.45. The molecule has 0 aliphatic heterocycles. The molecule has 0 aromatic carbocycles. The monoisotopic (exact) mass is 637 g/mol. The van der Waals surface area contributed by atoms with Crippen LogP contribution in [-0.4, -0.2) is 56.1 Å². The van der Waals surface area contributed by atoms with Crippen LogP contribution in [-0.2, 0) is 4.79 Å². The van der Waals surface area contributed by atoms with Gasteiger partial charge in [-0.1, -0.05) is 0 Å². The van der Waals surface area contributed by atoms with Crippen molar-refractivity contribution in [3.8, 4) is 0 Å². The molecule has 9 nitrogen and oxygen atoms in total. The molecule has 2 amide bonds. The summed E-state index contributed by atoms with van der Waals surface area (Å²) in [5.41, 5.74) is -0.511. The summed E-state index contributed by atoms with van der Waals surface area (Å²) < 4.78 is 71.6. The molecule has 2 aromatic heterocycles. The van der Waals surface area contributed by atoms with E-state index in [4.69, 9.17) is 4.98 Å². The fraction of sp³-hybridized carbons (Fsp3) is 0.645. The van der Waals surface area contributed by atoms with Gasteiger partial charge in [0.1, 0.15) is 5.69 Å². The third-order valence-electron chi connectivity index (χ3n) is 9.33. The van der Waals surface area contributed by atoms with Crippen LogP contribution in [0.3, 0.4) is 0 Å². The minimum absolute atomic E-state index is 0.0474. The van der Waals surface area contributed by atoms with Gasteiger partial charge in [0.15, 0.2) is 5.82 Å². The van der Waals surface area contributed by atoms with Gasteiger partial charge in [-0.3, -0.25) is 14.3 Å². The Hall–Kier alpha value is -3.58. The Bertz CT molecular complexity index is 1440. The number of hydrogen-bond donors (Lipinski definition) is 2. The first kappa shape index (κ1) is 32.8. The normalized spacial score (nSPS) is 21.3. The quantitative estimate of drug-likeness (QED) is 0.206. The maximum atomic E-state index is 14.1. The Morgan fingerprint density at radius 1 is 1.11 bits per heavy atom. The van der Waals surface area contributed by atoms with Gasteiger partial charge in [-0.05, 0) is 88.8 Å². The van der Waals surface area contributed by atoms with Crippen molar-refractivity contribution in [3.63, 3.8) is 0 Å². The Balaban J connectivity index is 1.40. The molecule has 3 saturated carbocycles. The summed E-state index contributed by atoms with van der Waals surface area (Å²) in [6.07, 6.45) is 1.09. The van der Waals surface area contributed by atoms with Gasteiger partial charge in [0.25, 0.3) is 5.91 Å². The fourth-order valence-electron chi connectivity index (χ4n) is 6.28. The van der Waals surface area contributed by atoms with Crippen LogP contribution < -0.4 is 10.6 Å². The third kappa shape index (κ3) is 7.30. The zero-order valence-corrected chi connectivity index (χ0v) is 25.7. The van der Waals surface area contributed by atoms with E-state index in [0.717, 1.165) is 12.8 Å². The van der Waals surface area contributed by atoms with E-state index in [1.807, 2.05) is 13.8 Å². The van der Waals surface area contributed by atoms with Gasteiger partial charge in [0.2, 0.25) is 11.8 Å². The van der Waals surface area contributed by atoms with Gasteiger partial charge in [-0.15, -0.1) is 0 Å². The van der Waals surface area contributed by atoms with Gasteiger partial charge in [0.05, 0.1) is 29.4 Å². The van der Waals surface area contributed by atoms with E-state index in [1.165, 1.54) is 10.9 Å². The summed E-state index contributed by atoms with van der Waals surface area (Å²) in [6.45, 7) is 9.17. The van der Waals surface area contributed by atoms with Crippen LogP contribution in [0.4, 0.5) is 22.0 Å². The van der Waals surface area contributed by atoms with Crippen LogP contribution in [0.5, 0.6) is 0 Å². The average molecular weight is 638 g/mol. The molecular weight excluding hydrogens is 597 g/mol. The SMILES string of the molecule is C=Nn1cc([C@@H](NC(=O)c2ccnn2C(C)C)C2CCC(F)(F)CC2)nc1/C=C(\C)[C@H](NC(=O)CC1(C(F)(F)F)CC1)C1CC1. The van der Waals surface area contributed by atoms with Crippen LogP contribution in [0.15, 0.2) is 29.1 Å². The lowest BCUT2D eigenvalue weighted by atomic mass is 9.81. The third-order valence-corrected chi connectivity index (χ3v) is 9.33. The topological polar surface area (TPSA) is 106 Å². The molecule has 14 heteroatoms. The highest BCUT2D eigenvalue weighted by molar-refractivity contribution is 5.92. The predicted molar refractivity (Wildman–Crippen MR) is 158 cm³/mol. The van der Waals surface area contributed by atoms with Gasteiger partial charge in [-0.2, -0.15) is 23.4 Å². The van der Waals surface area contributed by atoms with Crippen LogP contribution in [0.25, 0.3) is 6.08 Å². The standard InChI is InChI=1S/C31H40F5N7O2/c1-18(2)43-23(9-14-38-43)28(45)41-27(21-7-10-30(32,33)11-8-21)22-17-42(37-4)24(39-22)15-19(3)26(20-5-6-20)40-25(44)16-29(12-13-29)31(34,35)36/h9,14-15,17-18,20-21,26-27H,4-8,10-13,16H2,1-3H3,(H,40,44)(H,41,45)/b19-15+/t26-,27-/m0/s1. The van der Waals surface area contributed by atoms with E-state index < -0.39 is 47.8 Å². The van der Waals surface area contributed by atoms with Crippen molar-refractivity contribution in [3.05, 3.63) is 41.2 Å². The van der Waals surface area contributed by atoms with E-state index in [0.29, 0.717) is 22.8 Å². The zero-order valence-electron chi connectivity index (χ0n) is 25.7. The zero-order chi connectivity index (χ0) is 32.7. The number of nitrogens with zero attached hydrogens (tertiary/aromatic N) is 5. The van der Waals surface area contributed by atoms with Gasteiger partial charge < -0.3 is 10.6 Å². The minimum Gasteiger partial charge on any atom is -0.349 e. The van der Waals surface area contributed by atoms with E-state index in [-0.39, 0.29) is 56.4 Å². The summed E-state index contributed by atoms with van der Waals surface area (Å²) in [5.74, 6) is -3.72. The van der Waals surface area contributed by atoms with Crippen molar-refractivity contribution in [1.82, 2.24) is 30.1 Å². The van der Waals surface area contributed by atoms with Crippen molar-refractivity contribution in [1.29, 1.82) is 0 Å². The molecule has 5 rings (SSSR count). The van der Waals surface area contributed by atoms with Crippen molar-refractivity contribution in [2.45, 2.75) is 109 Å². The van der Waals surface area contributed by atoms with E-state index >= 15 is 0 Å². The summed E-state index contributed by atoms with van der Waals surface area (Å²) in [5, 5.41) is 14.1. The highest BCUT2D eigenvalue weighted by atomic mass is 19.4. The molecule has 45 heavy (non-hydrogen) atoms. The summed E-state index contributed by atoms with van der Waals surface area (Å²) in [7, 11) is 0. The molecule has 3 fully saturated rings. The van der Waals surface area contributed by atoms with E-state index in [9.17, 15) is 31.5 Å². The second-order valence-corrected chi connectivity index (χ2v) is 13.1. The molecule has 2 atom stereocenters. The number of nitrogens with one attached hydrogen (secondary N) is 2. The molecule has 3 aliphatic rings. The molecular formula is C31H40F5N7O2. The highest BCUT2D eigenvalue weighted by Gasteiger charge is 2.63. The van der Waals surface area contributed by atoms with Crippen molar-refractivity contribution < 1.29 is 31.5 Å². The Morgan fingerprint density at radius 3 is 2.33 bits per heavy atom. The highest BCUT2D eigenvalue weighted by Crippen LogP contribution is 2.60. The number of aromatic nitrogens is 4. The van der Waals surface area contributed by atoms with Crippen molar-refractivity contribution in [2.75, 3.05) is 0 Å². The molecule has 2 N–H and O–H groups in total. The second-order valence-electron chi connectivity index (χ2n) is 13.1. The maximum Gasteiger partial charge on any atom is 0.395 e. The molecule has 246 valence electrons. The molecule has 2 aromatic rings. The van der Waals surface area contributed by atoms with Crippen LogP contribution in [0.2, 0.25) is 0 Å². The lowest BCUT2D eigenvalue weighted by molar-refractivity contribution is -0.190. The lowest BCUT2D eigenvalue weighted by Crippen LogP contribution is -2.40. The first-order valence-corrected chi connectivity index (χ1v) is 15.5. The largest absolute Gasteiger partial charge is 0.395 e. The number of halogens is 5. The summed E-state index contributed by atoms with van der Waals surface area (Å²) >= 11 is 0. The molecule has 0 spiro atoms. The number of alkyl halides is 5. The summed E-state index contributed by atoms with van der Waals surface area (Å²) in [4.78, 5) is 30.9. The van der Waals surface area contributed by atoms with E-state index in [1.54, 1.807) is 29.9 Å². The first-order valence-electron chi connectivity index (χ1n) is 15.5. The first-order chi connectivity index (χ1) is 21.1. The number of imidazole rings is 1. The van der Waals surface area contributed by atoms with Gasteiger partial charge in [-0.25, -0.2) is 18.4 Å². The smallest absolute Gasteiger partial charge is 0.349 e. The summed E-state index contributed by atoms with van der Waals surface area (Å²) in [6, 6.07) is 0.317. The Morgan fingerprint density at radius 2 is 1.78 bits per heavy atom. The number of amides is 2. The second kappa shape index (κ2) is 12.3. The number of rotatable bonds is 12. The number of carbonyl (C=O) groups is 2. The lowest BCUT2D eigenvalue weighted by Gasteiger charge is -2.33. The number of carbonyl (C=O) groups excluding carboxylic acids is 2. The Labute approximate surface area is 258 Å². The van der Waals surface area contributed by atoms with Crippen LogP contribution in [0, 0.1) is 17.3 Å². The molecule has 3 aliphatic carbocycles. The van der Waals surface area contributed by atoms with Crippen LogP contribution in [0.1, 0.15) is 113 Å². The fourth-order valence-corrected chi connectivity index (χ4v) is 6.28.